The molecule has 1 N–H and O–H groups in total. The lowest BCUT2D eigenvalue weighted by Crippen LogP contribution is -2.30. The van der Waals surface area contributed by atoms with E-state index in [9.17, 15) is 4.79 Å². The Balaban J connectivity index is 1.49. The fraction of sp³-hybridized carbons (Fsp3) is 0.400. The maximum absolute atomic E-state index is 12.7. The molecular weight excluding hydrogens is 418 g/mol. The lowest BCUT2D eigenvalue weighted by atomic mass is 10.0. The molecule has 1 fully saturated rings. The zero-order valence-electron chi connectivity index (χ0n) is 18.8. The molecule has 7 heteroatoms. The van der Waals surface area contributed by atoms with Crippen LogP contribution in [0.1, 0.15) is 50.4 Å². The lowest BCUT2D eigenvalue weighted by Gasteiger charge is -2.26. The Hall–Kier alpha value is -2.64. The molecule has 0 saturated carbocycles. The number of nitrogens with zero attached hydrogens (tertiary/aromatic N) is 4. The van der Waals surface area contributed by atoms with E-state index in [2.05, 4.69) is 57.0 Å². The number of aromatic nitrogens is 3. The number of thioether (sulfide) groups is 1. The van der Waals surface area contributed by atoms with E-state index in [1.165, 1.54) is 31.0 Å². The Morgan fingerprint density at radius 1 is 1.00 bits per heavy atom. The number of hydrogen-bond acceptors (Lipinski definition) is 5. The van der Waals surface area contributed by atoms with Gasteiger partial charge < -0.3 is 5.32 Å². The molecule has 1 aromatic heterocycles. The number of para-hydroxylation sites is 2. The van der Waals surface area contributed by atoms with Crippen molar-refractivity contribution in [3.8, 4) is 5.69 Å². The molecule has 0 radical (unpaired) electrons. The van der Waals surface area contributed by atoms with Gasteiger partial charge in [-0.15, -0.1) is 10.2 Å². The molecule has 0 spiro atoms. The van der Waals surface area contributed by atoms with E-state index >= 15 is 0 Å². The molecule has 4 rings (SSSR count). The first-order valence-electron chi connectivity index (χ1n) is 11.4. The number of anilines is 1. The van der Waals surface area contributed by atoms with Crippen molar-refractivity contribution in [2.45, 2.75) is 50.7 Å². The second kappa shape index (κ2) is 10.8. The number of likely N-dealkylation sites (tertiary alicyclic amines) is 1. The number of hydrogen-bond donors (Lipinski definition) is 1. The van der Waals surface area contributed by atoms with E-state index in [4.69, 9.17) is 0 Å². The number of benzene rings is 2. The molecule has 2 heterocycles. The van der Waals surface area contributed by atoms with Gasteiger partial charge in [0.1, 0.15) is 0 Å². The van der Waals surface area contributed by atoms with Crippen molar-refractivity contribution >= 4 is 23.4 Å². The monoisotopic (exact) mass is 449 g/mol. The summed E-state index contributed by atoms with van der Waals surface area (Å²) in [6.07, 6.45) is 3.77. The normalized spacial score (nSPS) is 14.6. The van der Waals surface area contributed by atoms with Gasteiger partial charge in [0.05, 0.1) is 12.3 Å². The highest BCUT2D eigenvalue weighted by Gasteiger charge is 2.19. The molecule has 6 nitrogen and oxygen atoms in total. The van der Waals surface area contributed by atoms with Crippen molar-refractivity contribution < 1.29 is 4.79 Å². The van der Waals surface area contributed by atoms with E-state index in [0.29, 0.717) is 5.92 Å². The fourth-order valence-corrected chi connectivity index (χ4v) is 4.85. The summed E-state index contributed by atoms with van der Waals surface area (Å²) < 4.78 is 2.09. The first-order chi connectivity index (χ1) is 15.6. The van der Waals surface area contributed by atoms with Gasteiger partial charge in [-0.25, -0.2) is 0 Å². The Morgan fingerprint density at radius 3 is 2.47 bits per heavy atom. The van der Waals surface area contributed by atoms with E-state index in [1.807, 2.05) is 36.4 Å². The number of piperidine rings is 1. The lowest BCUT2D eigenvalue weighted by molar-refractivity contribution is -0.113. The van der Waals surface area contributed by atoms with Crippen LogP contribution in [-0.4, -0.2) is 44.4 Å². The molecule has 0 atom stereocenters. The minimum Gasteiger partial charge on any atom is -0.325 e. The SMILES string of the molecule is CC(C)c1ccccc1NC(=O)CSc1nnc(CN2CCCCC2)n1-c1ccccc1. The highest BCUT2D eigenvalue weighted by atomic mass is 32.2. The van der Waals surface area contributed by atoms with E-state index < -0.39 is 0 Å². The predicted octanol–water partition coefficient (Wildman–Crippen LogP) is 5.11. The van der Waals surface area contributed by atoms with Crippen molar-refractivity contribution in [2.24, 2.45) is 0 Å². The van der Waals surface area contributed by atoms with Crippen LogP contribution in [0, 0.1) is 0 Å². The molecule has 168 valence electrons. The van der Waals surface area contributed by atoms with Crippen molar-refractivity contribution in [1.29, 1.82) is 0 Å². The maximum atomic E-state index is 12.7. The molecule has 1 aliphatic rings. The zero-order chi connectivity index (χ0) is 22.3. The molecule has 0 bridgehead atoms. The second-order valence-electron chi connectivity index (χ2n) is 8.49. The Morgan fingerprint density at radius 2 is 1.72 bits per heavy atom. The predicted molar refractivity (Wildman–Crippen MR) is 130 cm³/mol. The van der Waals surface area contributed by atoms with Gasteiger partial charge in [0, 0.05) is 11.4 Å². The number of nitrogens with one attached hydrogen (secondary N) is 1. The van der Waals surface area contributed by atoms with Gasteiger partial charge in [-0.1, -0.05) is 68.4 Å². The summed E-state index contributed by atoms with van der Waals surface area (Å²) in [5.41, 5.74) is 3.04. The van der Waals surface area contributed by atoms with Gasteiger partial charge in [-0.2, -0.15) is 0 Å². The van der Waals surface area contributed by atoms with Crippen LogP contribution in [0.15, 0.2) is 59.8 Å². The van der Waals surface area contributed by atoms with Crippen LogP contribution in [0.4, 0.5) is 5.69 Å². The first kappa shape index (κ1) is 22.6. The average molecular weight is 450 g/mol. The van der Waals surface area contributed by atoms with Crippen molar-refractivity contribution in [3.63, 3.8) is 0 Å². The van der Waals surface area contributed by atoms with Crippen molar-refractivity contribution in [1.82, 2.24) is 19.7 Å². The third-order valence-corrected chi connectivity index (χ3v) is 6.65. The summed E-state index contributed by atoms with van der Waals surface area (Å²) in [7, 11) is 0. The van der Waals surface area contributed by atoms with Gasteiger partial charge in [-0.05, 0) is 55.6 Å². The molecule has 1 amide bonds. The van der Waals surface area contributed by atoms with Crippen LogP contribution in [0.2, 0.25) is 0 Å². The standard InChI is InChI=1S/C25H31N5OS/c1-19(2)21-13-7-8-14-22(21)26-24(31)18-32-25-28-27-23(17-29-15-9-4-10-16-29)30(25)20-11-5-3-6-12-20/h3,5-8,11-14,19H,4,9-10,15-18H2,1-2H3,(H,26,31). The summed E-state index contributed by atoms with van der Waals surface area (Å²) in [4.78, 5) is 15.2. The van der Waals surface area contributed by atoms with E-state index in [1.54, 1.807) is 0 Å². The van der Waals surface area contributed by atoms with Crippen LogP contribution in [-0.2, 0) is 11.3 Å². The van der Waals surface area contributed by atoms with Crippen molar-refractivity contribution in [2.75, 3.05) is 24.2 Å². The Labute approximate surface area is 194 Å². The van der Waals surface area contributed by atoms with Gasteiger partial charge >= 0.3 is 0 Å². The van der Waals surface area contributed by atoms with Crippen LogP contribution < -0.4 is 5.32 Å². The fourth-order valence-electron chi connectivity index (χ4n) is 4.08. The zero-order valence-corrected chi connectivity index (χ0v) is 19.6. The van der Waals surface area contributed by atoms with Gasteiger partial charge in [0.15, 0.2) is 11.0 Å². The average Bonchev–Trinajstić information content (AvgIpc) is 3.21. The van der Waals surface area contributed by atoms with Gasteiger partial charge in [0.25, 0.3) is 0 Å². The Bertz CT molecular complexity index is 1030. The summed E-state index contributed by atoms with van der Waals surface area (Å²) in [5.74, 6) is 1.51. The number of amides is 1. The van der Waals surface area contributed by atoms with Gasteiger partial charge in [-0.3, -0.25) is 14.3 Å². The molecule has 2 aromatic carbocycles. The summed E-state index contributed by atoms with van der Waals surface area (Å²) in [6.45, 7) is 7.23. The second-order valence-corrected chi connectivity index (χ2v) is 9.43. The highest BCUT2D eigenvalue weighted by Crippen LogP contribution is 2.26. The molecular formula is C25H31N5OS. The van der Waals surface area contributed by atoms with E-state index in [0.717, 1.165) is 47.6 Å². The van der Waals surface area contributed by atoms with Gasteiger partial charge in [0.2, 0.25) is 5.91 Å². The summed E-state index contributed by atoms with van der Waals surface area (Å²) in [6, 6.07) is 18.1. The quantitative estimate of drug-likeness (QED) is 0.484. The number of carbonyl (C=O) groups is 1. The molecule has 0 aliphatic carbocycles. The van der Waals surface area contributed by atoms with Crippen LogP contribution >= 0.6 is 11.8 Å². The smallest absolute Gasteiger partial charge is 0.234 e. The summed E-state index contributed by atoms with van der Waals surface area (Å²) >= 11 is 1.43. The van der Waals surface area contributed by atoms with Crippen LogP contribution in [0.3, 0.4) is 0 Å². The third kappa shape index (κ3) is 5.58. The minimum atomic E-state index is -0.0386. The highest BCUT2D eigenvalue weighted by molar-refractivity contribution is 7.99. The molecule has 3 aromatic rings. The summed E-state index contributed by atoms with van der Waals surface area (Å²) in [5, 5.41) is 12.8. The number of carbonyl (C=O) groups excluding carboxylic acids is 1. The maximum Gasteiger partial charge on any atom is 0.234 e. The largest absolute Gasteiger partial charge is 0.325 e. The molecule has 0 unspecified atom stereocenters. The van der Waals surface area contributed by atoms with Crippen LogP contribution in [0.5, 0.6) is 0 Å². The first-order valence-corrected chi connectivity index (χ1v) is 12.3. The van der Waals surface area contributed by atoms with E-state index in [-0.39, 0.29) is 11.7 Å². The third-order valence-electron chi connectivity index (χ3n) is 5.72. The molecule has 1 aliphatic heterocycles. The minimum absolute atomic E-state index is 0.0386. The van der Waals surface area contributed by atoms with Crippen molar-refractivity contribution in [3.05, 3.63) is 66.0 Å². The Kier molecular flexibility index (Phi) is 7.60. The molecule has 1 saturated heterocycles. The number of rotatable bonds is 8. The topological polar surface area (TPSA) is 63.1 Å². The molecule has 32 heavy (non-hydrogen) atoms. The van der Waals surface area contributed by atoms with Crippen LogP contribution in [0.25, 0.3) is 5.69 Å².